The van der Waals surface area contributed by atoms with Gasteiger partial charge >= 0.3 is 5.97 Å². The van der Waals surface area contributed by atoms with Crippen LogP contribution in [-0.4, -0.2) is 29.4 Å². The third-order valence-electron chi connectivity index (χ3n) is 2.32. The first-order valence-corrected chi connectivity index (χ1v) is 5.42. The summed E-state index contributed by atoms with van der Waals surface area (Å²) in [4.78, 5) is 22.8. The first-order valence-electron chi connectivity index (χ1n) is 4.63. The third kappa shape index (κ3) is 2.61. The number of hydrogen-bond donors (Lipinski definition) is 1. The normalized spacial score (nSPS) is 11.9. The predicted molar refractivity (Wildman–Crippen MR) is 63.1 cm³/mol. The number of carboxylic acids is 1. The van der Waals surface area contributed by atoms with Crippen molar-refractivity contribution in [1.29, 1.82) is 0 Å². The van der Waals surface area contributed by atoms with Crippen molar-refractivity contribution < 1.29 is 14.7 Å². The Morgan fingerprint density at radius 2 is 2.19 bits per heavy atom. The van der Waals surface area contributed by atoms with E-state index in [1.807, 2.05) is 13.0 Å². The Hall–Kier alpha value is -1.36. The van der Waals surface area contributed by atoms with Crippen LogP contribution in [0.3, 0.4) is 0 Å². The fourth-order valence-electron chi connectivity index (χ4n) is 1.39. The van der Waals surface area contributed by atoms with E-state index in [2.05, 4.69) is 15.9 Å². The summed E-state index contributed by atoms with van der Waals surface area (Å²) in [6.45, 7) is 1.91. The minimum atomic E-state index is -1.05. The molecule has 0 saturated heterocycles. The van der Waals surface area contributed by atoms with Gasteiger partial charge < -0.3 is 10.0 Å². The number of rotatable bonds is 4. The predicted octanol–water partition coefficient (Wildman–Crippen LogP) is 1.97. The number of hydrogen-bond acceptors (Lipinski definition) is 2. The van der Waals surface area contributed by atoms with Crippen molar-refractivity contribution >= 4 is 28.3 Å². The molecule has 1 N–H and O–H groups in total. The van der Waals surface area contributed by atoms with Crippen LogP contribution in [0.1, 0.15) is 17.2 Å². The lowest BCUT2D eigenvalue weighted by molar-refractivity contribution is -0.145. The second kappa shape index (κ2) is 5.12. The number of carbonyl (C=O) groups excluding carboxylic acids is 1. The van der Waals surface area contributed by atoms with Crippen LogP contribution in [0.2, 0.25) is 0 Å². The molecule has 1 aromatic rings. The molecule has 1 atom stereocenters. The molecule has 0 saturated carbocycles. The molecular formula is C11H12BrNO3. The molecule has 0 aliphatic rings. The van der Waals surface area contributed by atoms with Crippen LogP contribution in [0, 0.1) is 6.92 Å². The number of amides is 1. The van der Waals surface area contributed by atoms with Crippen molar-refractivity contribution in [1.82, 2.24) is 4.90 Å². The molecule has 1 amide bonds. The molecular weight excluding hydrogens is 274 g/mol. The van der Waals surface area contributed by atoms with Crippen LogP contribution in [0.4, 0.5) is 0 Å². The zero-order valence-corrected chi connectivity index (χ0v) is 10.6. The molecule has 1 aromatic carbocycles. The first kappa shape index (κ1) is 12.7. The van der Waals surface area contributed by atoms with Crippen LogP contribution < -0.4 is 0 Å². The molecule has 0 bridgehead atoms. The smallest absolute Gasteiger partial charge is 0.331 e. The molecule has 0 spiro atoms. The maximum absolute atomic E-state index is 11.1. The van der Waals surface area contributed by atoms with E-state index in [0.29, 0.717) is 12.0 Å². The van der Waals surface area contributed by atoms with Gasteiger partial charge in [-0.25, -0.2) is 4.79 Å². The van der Waals surface area contributed by atoms with Gasteiger partial charge in [-0.15, -0.1) is 0 Å². The van der Waals surface area contributed by atoms with Gasteiger partial charge in [0, 0.05) is 11.5 Å². The van der Waals surface area contributed by atoms with Gasteiger partial charge in [-0.2, -0.15) is 0 Å². The molecule has 0 heterocycles. The van der Waals surface area contributed by atoms with Crippen molar-refractivity contribution in [3.05, 3.63) is 33.8 Å². The average molecular weight is 286 g/mol. The van der Waals surface area contributed by atoms with E-state index in [0.717, 1.165) is 14.9 Å². The number of carbonyl (C=O) groups is 2. The number of nitrogens with zero attached hydrogens (tertiary/aromatic N) is 1. The number of benzene rings is 1. The Morgan fingerprint density at radius 1 is 1.56 bits per heavy atom. The largest absolute Gasteiger partial charge is 0.479 e. The Bertz CT molecular complexity index is 420. The monoisotopic (exact) mass is 285 g/mol. The van der Waals surface area contributed by atoms with Gasteiger partial charge in [0.2, 0.25) is 6.41 Å². The Labute approximate surface area is 102 Å². The first-order chi connectivity index (χ1) is 7.47. The summed E-state index contributed by atoms with van der Waals surface area (Å²) in [7, 11) is 1.44. The number of halogens is 1. The molecule has 0 aliphatic heterocycles. The topological polar surface area (TPSA) is 57.6 Å². The van der Waals surface area contributed by atoms with Gasteiger partial charge in [0.25, 0.3) is 0 Å². The molecule has 0 fully saturated rings. The number of carboxylic acid groups (broad SMARTS) is 1. The summed E-state index contributed by atoms with van der Waals surface area (Å²) in [5, 5.41) is 9.07. The molecule has 1 unspecified atom stereocenters. The van der Waals surface area contributed by atoms with Crippen LogP contribution in [0.25, 0.3) is 0 Å². The molecule has 5 heteroatoms. The number of aliphatic carboxylic acids is 1. The van der Waals surface area contributed by atoms with Crippen LogP contribution in [0.15, 0.2) is 22.7 Å². The van der Waals surface area contributed by atoms with Gasteiger partial charge in [0.1, 0.15) is 0 Å². The van der Waals surface area contributed by atoms with Crippen molar-refractivity contribution in [3.63, 3.8) is 0 Å². The van der Waals surface area contributed by atoms with Crippen molar-refractivity contribution in [2.75, 3.05) is 7.05 Å². The summed E-state index contributed by atoms with van der Waals surface area (Å²) in [6, 6.07) is 4.29. The zero-order chi connectivity index (χ0) is 12.3. The minimum Gasteiger partial charge on any atom is -0.479 e. The second-order valence-corrected chi connectivity index (χ2v) is 4.37. The average Bonchev–Trinajstić information content (AvgIpc) is 2.22. The quantitative estimate of drug-likeness (QED) is 0.861. The number of likely N-dealkylation sites (N-methyl/N-ethyl adjacent to an activating group) is 1. The summed E-state index contributed by atoms with van der Waals surface area (Å²) < 4.78 is 0.829. The highest BCUT2D eigenvalue weighted by Gasteiger charge is 2.23. The van der Waals surface area contributed by atoms with E-state index in [-0.39, 0.29) is 0 Å². The van der Waals surface area contributed by atoms with Crippen LogP contribution >= 0.6 is 15.9 Å². The molecule has 16 heavy (non-hydrogen) atoms. The van der Waals surface area contributed by atoms with Gasteiger partial charge in [0.15, 0.2) is 6.04 Å². The Kier molecular flexibility index (Phi) is 4.06. The van der Waals surface area contributed by atoms with E-state index in [4.69, 9.17) is 5.11 Å². The lowest BCUT2D eigenvalue weighted by Crippen LogP contribution is -2.29. The molecule has 4 nitrogen and oxygen atoms in total. The van der Waals surface area contributed by atoms with E-state index in [9.17, 15) is 9.59 Å². The SMILES string of the molecule is Cc1ccc(C(C(=O)O)N(C)C=O)cc1Br. The van der Waals surface area contributed by atoms with Crippen molar-refractivity contribution in [3.8, 4) is 0 Å². The van der Waals surface area contributed by atoms with Crippen molar-refractivity contribution in [2.24, 2.45) is 0 Å². The standard InChI is InChI=1S/C11H12BrNO3/c1-7-3-4-8(5-9(7)12)10(11(15)16)13(2)6-14/h3-6,10H,1-2H3,(H,15,16). The Morgan fingerprint density at radius 3 is 2.62 bits per heavy atom. The van der Waals surface area contributed by atoms with Crippen molar-refractivity contribution in [2.45, 2.75) is 13.0 Å². The maximum atomic E-state index is 11.1. The van der Waals surface area contributed by atoms with Crippen LogP contribution in [-0.2, 0) is 9.59 Å². The van der Waals surface area contributed by atoms with Gasteiger partial charge in [-0.05, 0) is 24.1 Å². The Balaban J connectivity index is 3.16. The lowest BCUT2D eigenvalue weighted by Gasteiger charge is -2.21. The summed E-state index contributed by atoms with van der Waals surface area (Å²) in [5.74, 6) is -1.05. The maximum Gasteiger partial charge on any atom is 0.331 e. The zero-order valence-electron chi connectivity index (χ0n) is 8.98. The molecule has 0 aliphatic carbocycles. The second-order valence-electron chi connectivity index (χ2n) is 3.52. The van der Waals surface area contributed by atoms with Gasteiger partial charge in [0.05, 0.1) is 0 Å². The highest BCUT2D eigenvalue weighted by molar-refractivity contribution is 9.10. The molecule has 0 radical (unpaired) electrons. The summed E-state index contributed by atoms with van der Waals surface area (Å²) in [5.41, 5.74) is 1.58. The molecule has 0 aromatic heterocycles. The van der Waals surface area contributed by atoms with Gasteiger partial charge in [-0.1, -0.05) is 28.1 Å². The fraction of sp³-hybridized carbons (Fsp3) is 0.273. The molecule has 1 rings (SSSR count). The fourth-order valence-corrected chi connectivity index (χ4v) is 1.79. The summed E-state index contributed by atoms with van der Waals surface area (Å²) >= 11 is 3.33. The third-order valence-corrected chi connectivity index (χ3v) is 3.17. The van der Waals surface area contributed by atoms with E-state index < -0.39 is 12.0 Å². The van der Waals surface area contributed by atoms with E-state index in [1.165, 1.54) is 7.05 Å². The molecule has 86 valence electrons. The van der Waals surface area contributed by atoms with E-state index >= 15 is 0 Å². The van der Waals surface area contributed by atoms with Crippen LogP contribution in [0.5, 0.6) is 0 Å². The highest BCUT2D eigenvalue weighted by Crippen LogP contribution is 2.24. The lowest BCUT2D eigenvalue weighted by atomic mass is 10.0. The minimum absolute atomic E-state index is 0.506. The summed E-state index contributed by atoms with van der Waals surface area (Å²) in [6.07, 6.45) is 0.506. The van der Waals surface area contributed by atoms with Gasteiger partial charge in [-0.3, -0.25) is 4.79 Å². The number of aryl methyl sites for hydroxylation is 1. The van der Waals surface area contributed by atoms with E-state index in [1.54, 1.807) is 12.1 Å². The highest BCUT2D eigenvalue weighted by atomic mass is 79.9.